The van der Waals surface area contributed by atoms with E-state index in [0.29, 0.717) is 12.5 Å². The lowest BCUT2D eigenvalue weighted by Crippen LogP contribution is -2.30. The second kappa shape index (κ2) is 7.71. The van der Waals surface area contributed by atoms with Crippen molar-refractivity contribution >= 4 is 17.6 Å². The first-order chi connectivity index (χ1) is 11.0. The van der Waals surface area contributed by atoms with Crippen molar-refractivity contribution in [2.75, 3.05) is 13.7 Å². The monoisotopic (exact) mass is 320 g/mol. The number of benzene rings is 1. The highest BCUT2D eigenvalue weighted by Crippen LogP contribution is 2.23. The Balaban J connectivity index is 2.12. The van der Waals surface area contributed by atoms with Crippen LogP contribution in [0.5, 0.6) is 0 Å². The first kappa shape index (κ1) is 16.9. The minimum Gasteiger partial charge on any atom is -0.465 e. The second-order valence-electron chi connectivity index (χ2n) is 5.73. The van der Waals surface area contributed by atoms with Gasteiger partial charge in [-0.05, 0) is 24.8 Å². The molecule has 0 atom stereocenters. The normalized spacial score (nSPS) is 15.0. The molecule has 1 aliphatic rings. The fourth-order valence-electron chi connectivity index (χ4n) is 2.81. The topological polar surface area (TPSA) is 98.5 Å². The number of non-ortho nitro benzene ring substituents is 1. The number of nitro benzene ring substituents is 1. The van der Waals surface area contributed by atoms with E-state index in [1.165, 1.54) is 38.5 Å². The molecule has 0 bridgehead atoms. The van der Waals surface area contributed by atoms with Gasteiger partial charge in [0.2, 0.25) is 0 Å². The summed E-state index contributed by atoms with van der Waals surface area (Å²) in [6.07, 6.45) is 5.75. The summed E-state index contributed by atoms with van der Waals surface area (Å²) in [6.45, 7) is 0.551. The van der Waals surface area contributed by atoms with E-state index in [2.05, 4.69) is 10.1 Å². The van der Waals surface area contributed by atoms with Crippen molar-refractivity contribution in [3.05, 3.63) is 39.4 Å². The predicted octanol–water partition coefficient (Wildman–Crippen LogP) is 2.69. The molecule has 7 nitrogen and oxygen atoms in total. The van der Waals surface area contributed by atoms with E-state index in [4.69, 9.17) is 0 Å². The minimum absolute atomic E-state index is 0.00971. The third kappa shape index (κ3) is 4.51. The standard InChI is InChI=1S/C16H20N2O5/c1-23-16(20)13-7-12(8-14(9-13)18(21)22)15(19)17-10-11-5-3-2-4-6-11/h7-9,11H,2-6,10H2,1H3,(H,17,19). The highest BCUT2D eigenvalue weighted by molar-refractivity contribution is 5.98. The molecule has 1 fully saturated rings. The number of carbonyl (C=O) groups is 2. The lowest BCUT2D eigenvalue weighted by Gasteiger charge is -2.21. The SMILES string of the molecule is COC(=O)c1cc(C(=O)NCC2CCCCC2)cc([N+](=O)[O-])c1. The highest BCUT2D eigenvalue weighted by atomic mass is 16.6. The number of nitrogens with one attached hydrogen (secondary N) is 1. The van der Waals surface area contributed by atoms with Crippen molar-refractivity contribution in [1.82, 2.24) is 5.32 Å². The maximum absolute atomic E-state index is 12.2. The molecule has 1 amide bonds. The van der Waals surface area contributed by atoms with Gasteiger partial charge in [-0.25, -0.2) is 4.79 Å². The van der Waals surface area contributed by atoms with Gasteiger partial charge in [0.25, 0.3) is 11.6 Å². The number of nitro groups is 1. The van der Waals surface area contributed by atoms with E-state index >= 15 is 0 Å². The molecule has 0 unspecified atom stereocenters. The fraction of sp³-hybridized carbons (Fsp3) is 0.500. The molecule has 1 aliphatic carbocycles. The largest absolute Gasteiger partial charge is 0.465 e. The fourth-order valence-corrected chi connectivity index (χ4v) is 2.81. The van der Waals surface area contributed by atoms with E-state index in [-0.39, 0.29) is 16.8 Å². The number of ether oxygens (including phenoxy) is 1. The number of methoxy groups -OCH3 is 1. The van der Waals surface area contributed by atoms with Crippen molar-refractivity contribution < 1.29 is 19.2 Å². The molecule has 1 aromatic rings. The highest BCUT2D eigenvalue weighted by Gasteiger charge is 2.19. The van der Waals surface area contributed by atoms with Crippen LogP contribution in [-0.2, 0) is 4.74 Å². The Morgan fingerprint density at radius 1 is 1.22 bits per heavy atom. The molecule has 0 spiro atoms. The van der Waals surface area contributed by atoms with Crippen molar-refractivity contribution in [3.8, 4) is 0 Å². The van der Waals surface area contributed by atoms with E-state index in [9.17, 15) is 19.7 Å². The van der Waals surface area contributed by atoms with Gasteiger partial charge in [0.15, 0.2) is 0 Å². The van der Waals surface area contributed by atoms with Gasteiger partial charge < -0.3 is 10.1 Å². The number of hydrogen-bond acceptors (Lipinski definition) is 5. The Bertz CT molecular complexity index is 608. The molecule has 0 aliphatic heterocycles. The number of hydrogen-bond donors (Lipinski definition) is 1. The smallest absolute Gasteiger partial charge is 0.338 e. The third-order valence-electron chi connectivity index (χ3n) is 4.09. The second-order valence-corrected chi connectivity index (χ2v) is 5.73. The van der Waals surface area contributed by atoms with Crippen molar-refractivity contribution in [1.29, 1.82) is 0 Å². The Morgan fingerprint density at radius 3 is 2.48 bits per heavy atom. The van der Waals surface area contributed by atoms with E-state index < -0.39 is 16.8 Å². The average Bonchev–Trinajstić information content (AvgIpc) is 2.59. The van der Waals surface area contributed by atoms with Gasteiger partial charge in [-0.15, -0.1) is 0 Å². The first-order valence-corrected chi connectivity index (χ1v) is 7.67. The first-order valence-electron chi connectivity index (χ1n) is 7.67. The van der Waals surface area contributed by atoms with Crippen LogP contribution in [0.2, 0.25) is 0 Å². The maximum Gasteiger partial charge on any atom is 0.338 e. The molecule has 1 N–H and O–H groups in total. The molecule has 124 valence electrons. The van der Waals surface area contributed by atoms with Gasteiger partial charge >= 0.3 is 5.97 Å². The Labute approximate surface area is 134 Å². The van der Waals surface area contributed by atoms with Crippen molar-refractivity contribution in [2.45, 2.75) is 32.1 Å². The van der Waals surface area contributed by atoms with Crippen molar-refractivity contribution in [2.24, 2.45) is 5.92 Å². The number of amides is 1. The van der Waals surface area contributed by atoms with Crippen LogP contribution in [0.25, 0.3) is 0 Å². The molecule has 0 aromatic heterocycles. The molecule has 7 heteroatoms. The Kier molecular flexibility index (Phi) is 5.67. The van der Waals surface area contributed by atoms with Crippen LogP contribution in [0.3, 0.4) is 0 Å². The number of carbonyl (C=O) groups excluding carboxylic acids is 2. The number of nitrogens with zero attached hydrogens (tertiary/aromatic N) is 1. The summed E-state index contributed by atoms with van der Waals surface area (Å²) < 4.78 is 4.57. The maximum atomic E-state index is 12.2. The third-order valence-corrected chi connectivity index (χ3v) is 4.09. The van der Waals surface area contributed by atoms with Crippen LogP contribution >= 0.6 is 0 Å². The molecule has 23 heavy (non-hydrogen) atoms. The lowest BCUT2D eigenvalue weighted by atomic mass is 9.89. The number of esters is 1. The quantitative estimate of drug-likeness (QED) is 0.511. The minimum atomic E-state index is -0.713. The van der Waals surface area contributed by atoms with Crippen LogP contribution in [0.4, 0.5) is 5.69 Å². The zero-order valence-corrected chi connectivity index (χ0v) is 13.0. The molecular weight excluding hydrogens is 300 g/mol. The summed E-state index contributed by atoms with van der Waals surface area (Å²) in [4.78, 5) is 34.2. The Morgan fingerprint density at radius 2 is 1.87 bits per heavy atom. The lowest BCUT2D eigenvalue weighted by molar-refractivity contribution is -0.384. The van der Waals surface area contributed by atoms with Crippen LogP contribution in [0.15, 0.2) is 18.2 Å². The van der Waals surface area contributed by atoms with Gasteiger partial charge in [0.05, 0.1) is 17.6 Å². The van der Waals surface area contributed by atoms with Crippen LogP contribution in [0.1, 0.15) is 52.8 Å². The van der Waals surface area contributed by atoms with E-state index in [0.717, 1.165) is 18.9 Å². The molecule has 0 heterocycles. The molecule has 1 aromatic carbocycles. The molecule has 0 saturated heterocycles. The van der Waals surface area contributed by atoms with Crippen LogP contribution < -0.4 is 5.32 Å². The predicted molar refractivity (Wildman–Crippen MR) is 83.3 cm³/mol. The van der Waals surface area contributed by atoms with Crippen molar-refractivity contribution in [3.63, 3.8) is 0 Å². The zero-order valence-electron chi connectivity index (χ0n) is 13.0. The molecule has 1 saturated carbocycles. The summed E-state index contributed by atoms with van der Waals surface area (Å²) in [5.41, 5.74) is -0.226. The summed E-state index contributed by atoms with van der Waals surface area (Å²) in [5.74, 6) is -0.675. The number of rotatable bonds is 5. The summed E-state index contributed by atoms with van der Waals surface area (Å²) in [7, 11) is 1.18. The molecular formula is C16H20N2O5. The zero-order chi connectivity index (χ0) is 16.8. The van der Waals surface area contributed by atoms with Gasteiger partial charge in [0, 0.05) is 24.2 Å². The van der Waals surface area contributed by atoms with Gasteiger partial charge in [-0.2, -0.15) is 0 Å². The molecule has 2 rings (SSSR count). The van der Waals surface area contributed by atoms with Gasteiger partial charge in [0.1, 0.15) is 0 Å². The Hall–Kier alpha value is -2.44. The molecule has 0 radical (unpaired) electrons. The summed E-state index contributed by atoms with van der Waals surface area (Å²) >= 11 is 0. The summed E-state index contributed by atoms with van der Waals surface area (Å²) in [5, 5.41) is 13.8. The summed E-state index contributed by atoms with van der Waals surface area (Å²) in [6, 6.07) is 3.58. The van der Waals surface area contributed by atoms with E-state index in [1.807, 2.05) is 0 Å². The van der Waals surface area contributed by atoms with Gasteiger partial charge in [-0.3, -0.25) is 14.9 Å². The average molecular weight is 320 g/mol. The van der Waals surface area contributed by atoms with E-state index in [1.54, 1.807) is 0 Å². The van der Waals surface area contributed by atoms with Gasteiger partial charge in [-0.1, -0.05) is 19.3 Å². The van der Waals surface area contributed by atoms with Crippen LogP contribution in [-0.4, -0.2) is 30.5 Å². The van der Waals surface area contributed by atoms with Crippen LogP contribution in [0, 0.1) is 16.0 Å².